The highest BCUT2D eigenvalue weighted by Crippen LogP contribution is 2.26. The Hall–Kier alpha value is -1.95. The Bertz CT molecular complexity index is 608. The van der Waals surface area contributed by atoms with Crippen molar-refractivity contribution in [2.75, 3.05) is 18.5 Å². The first-order valence-electron chi connectivity index (χ1n) is 5.94. The molecule has 0 spiro atoms. The van der Waals surface area contributed by atoms with E-state index in [1.165, 1.54) is 0 Å². The van der Waals surface area contributed by atoms with Gasteiger partial charge in [-0.2, -0.15) is 8.78 Å². The molecule has 0 atom stereocenters. The van der Waals surface area contributed by atoms with Crippen LogP contribution in [0.2, 0.25) is 5.02 Å². The van der Waals surface area contributed by atoms with Crippen LogP contribution in [0.1, 0.15) is 0 Å². The standard InChI is InChI=1S/C14H10ClF4NO/c15-8-1-3-9(4-2-8)20-5-6-21-14-12(18)10(16)7-11(17)13(14)19/h1-4,7,20H,5-6H2. The second-order valence-electron chi connectivity index (χ2n) is 4.08. The maximum absolute atomic E-state index is 13.3. The highest BCUT2D eigenvalue weighted by molar-refractivity contribution is 6.30. The van der Waals surface area contributed by atoms with Crippen LogP contribution in [-0.4, -0.2) is 13.2 Å². The Balaban J connectivity index is 1.93. The van der Waals surface area contributed by atoms with Crippen molar-refractivity contribution in [3.63, 3.8) is 0 Å². The molecule has 21 heavy (non-hydrogen) atoms. The van der Waals surface area contributed by atoms with E-state index in [9.17, 15) is 17.6 Å². The summed E-state index contributed by atoms with van der Waals surface area (Å²) in [5.41, 5.74) is 0.717. The molecule has 0 saturated carbocycles. The van der Waals surface area contributed by atoms with Crippen molar-refractivity contribution in [1.82, 2.24) is 0 Å². The third kappa shape index (κ3) is 3.78. The van der Waals surface area contributed by atoms with Gasteiger partial charge in [0.05, 0.1) is 0 Å². The van der Waals surface area contributed by atoms with Crippen molar-refractivity contribution in [3.05, 3.63) is 58.6 Å². The second kappa shape index (κ2) is 6.67. The van der Waals surface area contributed by atoms with Gasteiger partial charge in [-0.1, -0.05) is 11.6 Å². The van der Waals surface area contributed by atoms with Gasteiger partial charge in [-0.25, -0.2) is 8.78 Å². The van der Waals surface area contributed by atoms with Crippen molar-refractivity contribution >= 4 is 17.3 Å². The summed E-state index contributed by atoms with van der Waals surface area (Å²) in [5, 5.41) is 3.46. The average molecular weight is 320 g/mol. The maximum atomic E-state index is 13.3. The molecule has 0 aliphatic carbocycles. The van der Waals surface area contributed by atoms with Gasteiger partial charge in [0.2, 0.25) is 11.6 Å². The van der Waals surface area contributed by atoms with Crippen LogP contribution in [0.4, 0.5) is 23.2 Å². The van der Waals surface area contributed by atoms with Crippen LogP contribution in [0, 0.1) is 23.3 Å². The monoisotopic (exact) mass is 319 g/mol. The number of hydrogen-bond acceptors (Lipinski definition) is 2. The topological polar surface area (TPSA) is 21.3 Å². The minimum Gasteiger partial charge on any atom is -0.486 e. The third-order valence-corrected chi connectivity index (χ3v) is 2.85. The van der Waals surface area contributed by atoms with Crippen LogP contribution in [0.25, 0.3) is 0 Å². The van der Waals surface area contributed by atoms with E-state index >= 15 is 0 Å². The number of halogens is 5. The van der Waals surface area contributed by atoms with E-state index in [4.69, 9.17) is 16.3 Å². The fraction of sp³-hybridized carbons (Fsp3) is 0.143. The lowest BCUT2D eigenvalue weighted by Crippen LogP contribution is -2.13. The largest absolute Gasteiger partial charge is 0.486 e. The first kappa shape index (κ1) is 15.4. The zero-order valence-corrected chi connectivity index (χ0v) is 11.4. The quantitative estimate of drug-likeness (QED) is 0.501. The van der Waals surface area contributed by atoms with Crippen molar-refractivity contribution in [1.29, 1.82) is 0 Å². The van der Waals surface area contributed by atoms with E-state index in [0.717, 1.165) is 5.69 Å². The Labute approximate surface area is 123 Å². The highest BCUT2D eigenvalue weighted by Gasteiger charge is 2.20. The molecular weight excluding hydrogens is 310 g/mol. The molecule has 0 saturated heterocycles. The number of rotatable bonds is 5. The Morgan fingerprint density at radius 1 is 0.952 bits per heavy atom. The van der Waals surface area contributed by atoms with E-state index in [1.54, 1.807) is 24.3 Å². The van der Waals surface area contributed by atoms with E-state index in [-0.39, 0.29) is 19.2 Å². The number of benzene rings is 2. The van der Waals surface area contributed by atoms with Crippen LogP contribution < -0.4 is 10.1 Å². The van der Waals surface area contributed by atoms with Crippen molar-refractivity contribution in [3.8, 4) is 5.75 Å². The molecule has 2 nitrogen and oxygen atoms in total. The number of anilines is 1. The predicted octanol–water partition coefficient (Wildman–Crippen LogP) is 4.39. The number of hydrogen-bond donors (Lipinski definition) is 1. The van der Waals surface area contributed by atoms with E-state index in [2.05, 4.69) is 5.32 Å². The van der Waals surface area contributed by atoms with Gasteiger partial charge in [0.25, 0.3) is 0 Å². The summed E-state index contributed by atoms with van der Waals surface area (Å²) in [6.45, 7) is -0.00198. The Morgan fingerprint density at radius 2 is 1.52 bits per heavy atom. The van der Waals surface area contributed by atoms with Gasteiger partial charge < -0.3 is 10.1 Å². The summed E-state index contributed by atoms with van der Waals surface area (Å²) in [6.07, 6.45) is 0. The molecule has 2 aromatic rings. The molecule has 0 heterocycles. The molecule has 0 amide bonds. The highest BCUT2D eigenvalue weighted by atomic mass is 35.5. The average Bonchev–Trinajstić information content (AvgIpc) is 2.46. The summed E-state index contributed by atoms with van der Waals surface area (Å²) in [4.78, 5) is 0. The van der Waals surface area contributed by atoms with Crippen molar-refractivity contribution in [2.24, 2.45) is 0 Å². The van der Waals surface area contributed by atoms with Crippen LogP contribution in [-0.2, 0) is 0 Å². The molecule has 1 N–H and O–H groups in total. The van der Waals surface area contributed by atoms with Gasteiger partial charge in [-0.05, 0) is 24.3 Å². The normalized spacial score (nSPS) is 10.5. The predicted molar refractivity (Wildman–Crippen MR) is 71.7 cm³/mol. The first-order chi connectivity index (χ1) is 9.99. The number of nitrogens with one attached hydrogen (secondary N) is 1. The van der Waals surface area contributed by atoms with Crippen molar-refractivity contribution < 1.29 is 22.3 Å². The SMILES string of the molecule is Fc1cc(F)c(F)c(OCCNc2ccc(Cl)cc2)c1F. The smallest absolute Gasteiger partial charge is 0.203 e. The minimum absolute atomic E-state index is 0.128. The molecular formula is C14H10ClF4NO. The van der Waals surface area contributed by atoms with Crippen LogP contribution in [0.3, 0.4) is 0 Å². The number of ether oxygens (including phenoxy) is 1. The van der Waals surface area contributed by atoms with Crippen LogP contribution in [0.5, 0.6) is 5.75 Å². The molecule has 0 aliphatic heterocycles. The minimum atomic E-state index is -1.56. The molecule has 0 bridgehead atoms. The third-order valence-electron chi connectivity index (χ3n) is 2.59. The lowest BCUT2D eigenvalue weighted by atomic mass is 10.3. The molecule has 7 heteroatoms. The Morgan fingerprint density at radius 3 is 2.10 bits per heavy atom. The maximum Gasteiger partial charge on any atom is 0.203 e. The van der Waals surface area contributed by atoms with Crippen LogP contribution in [0.15, 0.2) is 30.3 Å². The summed E-state index contributed by atoms with van der Waals surface area (Å²) in [7, 11) is 0. The summed E-state index contributed by atoms with van der Waals surface area (Å²) < 4.78 is 57.2. The van der Waals surface area contributed by atoms with Gasteiger partial charge in [-0.15, -0.1) is 0 Å². The molecule has 112 valence electrons. The van der Waals surface area contributed by atoms with Gasteiger partial charge >= 0.3 is 0 Å². The summed E-state index contributed by atoms with van der Waals surface area (Å²) >= 11 is 5.71. The molecule has 2 aromatic carbocycles. The summed E-state index contributed by atoms with van der Waals surface area (Å²) in [6, 6.07) is 6.85. The molecule has 0 aromatic heterocycles. The molecule has 0 aliphatic rings. The molecule has 0 radical (unpaired) electrons. The first-order valence-corrected chi connectivity index (χ1v) is 6.32. The van der Waals surface area contributed by atoms with Gasteiger partial charge in [0, 0.05) is 23.3 Å². The summed E-state index contributed by atoms with van der Waals surface area (Å²) in [5.74, 6) is -7.18. The molecule has 0 unspecified atom stereocenters. The van der Waals surface area contributed by atoms with Crippen molar-refractivity contribution in [2.45, 2.75) is 0 Å². The van der Waals surface area contributed by atoms with Gasteiger partial charge in [-0.3, -0.25) is 0 Å². The zero-order chi connectivity index (χ0) is 15.4. The van der Waals surface area contributed by atoms with E-state index < -0.39 is 29.0 Å². The van der Waals surface area contributed by atoms with E-state index in [0.29, 0.717) is 5.02 Å². The molecule has 0 fully saturated rings. The van der Waals surface area contributed by atoms with E-state index in [1.807, 2.05) is 0 Å². The lowest BCUT2D eigenvalue weighted by molar-refractivity contribution is 0.282. The molecule has 2 rings (SSSR count). The fourth-order valence-electron chi connectivity index (χ4n) is 1.59. The zero-order valence-electron chi connectivity index (χ0n) is 10.6. The lowest BCUT2D eigenvalue weighted by Gasteiger charge is -2.10. The van der Waals surface area contributed by atoms with Gasteiger partial charge in [0.1, 0.15) is 6.61 Å². The van der Waals surface area contributed by atoms with Gasteiger partial charge in [0.15, 0.2) is 17.4 Å². The fourth-order valence-corrected chi connectivity index (χ4v) is 1.72. The van der Waals surface area contributed by atoms with Crippen LogP contribution >= 0.6 is 11.6 Å². The Kier molecular flexibility index (Phi) is 4.90. The second-order valence-corrected chi connectivity index (χ2v) is 4.52.